The Morgan fingerprint density at radius 1 is 1.00 bits per heavy atom. The first-order chi connectivity index (χ1) is 13.9. The summed E-state index contributed by atoms with van der Waals surface area (Å²) in [6.07, 6.45) is 0.361. The minimum atomic E-state index is -6.88. The molecule has 0 heterocycles. The molecule has 31 heavy (non-hydrogen) atoms. The zero-order valence-electron chi connectivity index (χ0n) is 16.5. The number of aldehydes is 1. The van der Waals surface area contributed by atoms with Crippen LogP contribution < -0.4 is 4.18 Å². The Bertz CT molecular complexity index is 929. The lowest BCUT2D eigenvalue weighted by molar-refractivity contribution is -0.309. The van der Waals surface area contributed by atoms with E-state index in [0.29, 0.717) is 6.29 Å². The van der Waals surface area contributed by atoms with Gasteiger partial charge in [0.15, 0.2) is 0 Å². The van der Waals surface area contributed by atoms with Crippen LogP contribution in [0.2, 0.25) is 0 Å². The molecule has 1 rings (SSSR count). The van der Waals surface area contributed by atoms with Crippen LogP contribution >= 0.6 is 0 Å². The molecule has 0 saturated heterocycles. The molecular weight excluding hydrogens is 462 g/mol. The first-order valence-corrected chi connectivity index (χ1v) is 9.86. The molecule has 0 aliphatic carbocycles. The third-order valence-electron chi connectivity index (χ3n) is 4.15. The normalized spacial score (nSPS) is 13.5. The Balaban J connectivity index is 3.72. The highest BCUT2D eigenvalue weighted by Gasteiger charge is 2.82. The van der Waals surface area contributed by atoms with E-state index in [1.165, 1.54) is 27.7 Å². The smallest absolute Gasteiger partial charge is 0.377 e. The number of hydrogen-bond donors (Lipinski definition) is 1. The molecule has 0 aromatic heterocycles. The van der Waals surface area contributed by atoms with Gasteiger partial charge in [-0.05, 0) is 35.1 Å². The SMILES string of the molecule is CC(C)c1cc(C=O)cc(C(C)C)c1OS(=O)(=O)C(F)(F)C(F)(F)C(F)(F)C(=O)OO. The number of halogens is 6. The third-order valence-corrected chi connectivity index (χ3v) is 5.43. The topological polar surface area (TPSA) is 107 Å². The first-order valence-electron chi connectivity index (χ1n) is 8.45. The van der Waals surface area contributed by atoms with Crippen molar-refractivity contribution in [2.24, 2.45) is 0 Å². The maximum atomic E-state index is 14.2. The van der Waals surface area contributed by atoms with E-state index in [1.807, 2.05) is 0 Å². The van der Waals surface area contributed by atoms with Gasteiger partial charge in [-0.3, -0.25) is 9.68 Å². The van der Waals surface area contributed by atoms with Gasteiger partial charge in [0.05, 0.1) is 0 Å². The molecule has 14 heteroatoms. The second kappa shape index (κ2) is 8.65. The molecule has 0 fully saturated rings. The summed E-state index contributed by atoms with van der Waals surface area (Å²) in [4.78, 5) is 24.2. The molecule has 0 atom stereocenters. The molecule has 0 amide bonds. The standard InChI is InChI=1S/C17H18F6O7S/c1-8(2)11-5-10(7-24)6-12(9(3)4)13(11)30-31(27,28)17(22,23)16(20,21)15(18,19)14(25)29-26/h5-9,26H,1-4H3. The monoisotopic (exact) mass is 480 g/mol. The van der Waals surface area contributed by atoms with E-state index in [4.69, 9.17) is 5.26 Å². The highest BCUT2D eigenvalue weighted by atomic mass is 32.2. The lowest BCUT2D eigenvalue weighted by atomic mass is 9.92. The summed E-state index contributed by atoms with van der Waals surface area (Å²) in [6, 6.07) is 2.12. The predicted molar refractivity (Wildman–Crippen MR) is 93.1 cm³/mol. The molecule has 0 aliphatic heterocycles. The number of alkyl halides is 6. The van der Waals surface area contributed by atoms with Crippen molar-refractivity contribution in [3.63, 3.8) is 0 Å². The van der Waals surface area contributed by atoms with E-state index in [-0.39, 0.29) is 16.7 Å². The summed E-state index contributed by atoms with van der Waals surface area (Å²) in [5.74, 6) is -19.0. The van der Waals surface area contributed by atoms with Crippen LogP contribution in [-0.2, 0) is 19.8 Å². The highest BCUT2D eigenvalue weighted by molar-refractivity contribution is 7.88. The van der Waals surface area contributed by atoms with E-state index in [0.717, 1.165) is 12.1 Å². The molecule has 0 saturated carbocycles. The van der Waals surface area contributed by atoms with Crippen LogP contribution in [0.25, 0.3) is 0 Å². The predicted octanol–water partition coefficient (Wildman–Crippen LogP) is 4.33. The summed E-state index contributed by atoms with van der Waals surface area (Å²) < 4.78 is 111. The fourth-order valence-corrected chi connectivity index (χ4v) is 3.37. The fraction of sp³-hybridized carbons (Fsp3) is 0.529. The Hall–Kier alpha value is -2.35. The van der Waals surface area contributed by atoms with Crippen molar-refractivity contribution in [2.75, 3.05) is 0 Å². The molecule has 176 valence electrons. The van der Waals surface area contributed by atoms with Crippen molar-refractivity contribution in [3.8, 4) is 5.75 Å². The summed E-state index contributed by atoms with van der Waals surface area (Å²) in [7, 11) is -6.87. The average Bonchev–Trinajstić information content (AvgIpc) is 2.65. The van der Waals surface area contributed by atoms with Crippen LogP contribution in [0, 0.1) is 0 Å². The Kier molecular flexibility index (Phi) is 7.45. The van der Waals surface area contributed by atoms with Gasteiger partial charge in [0.1, 0.15) is 12.0 Å². The van der Waals surface area contributed by atoms with Crippen LogP contribution in [0.3, 0.4) is 0 Å². The number of carbonyl (C=O) groups is 2. The average molecular weight is 480 g/mol. The van der Waals surface area contributed by atoms with E-state index in [9.17, 15) is 44.3 Å². The van der Waals surface area contributed by atoms with E-state index in [1.54, 1.807) is 0 Å². The Labute approximate surface area is 173 Å². The molecule has 0 unspecified atom stereocenters. The van der Waals surface area contributed by atoms with Gasteiger partial charge in [-0.2, -0.15) is 40.0 Å². The van der Waals surface area contributed by atoms with Crippen molar-refractivity contribution < 1.29 is 58.7 Å². The first kappa shape index (κ1) is 26.7. The van der Waals surface area contributed by atoms with Crippen LogP contribution in [-0.4, -0.2) is 43.0 Å². The molecule has 0 bridgehead atoms. The molecule has 7 nitrogen and oxygen atoms in total. The molecule has 0 radical (unpaired) electrons. The maximum absolute atomic E-state index is 14.2. The van der Waals surface area contributed by atoms with E-state index < -0.39 is 50.8 Å². The number of hydrogen-bond acceptors (Lipinski definition) is 7. The van der Waals surface area contributed by atoms with Gasteiger partial charge in [0.25, 0.3) is 0 Å². The van der Waals surface area contributed by atoms with Gasteiger partial charge in [-0.15, -0.1) is 0 Å². The van der Waals surface area contributed by atoms with Gasteiger partial charge in [-0.25, -0.2) is 4.79 Å². The highest BCUT2D eigenvalue weighted by Crippen LogP contribution is 2.50. The fourth-order valence-electron chi connectivity index (χ4n) is 2.41. The lowest BCUT2D eigenvalue weighted by Crippen LogP contribution is -2.61. The molecule has 1 aromatic carbocycles. The quantitative estimate of drug-likeness (QED) is 0.184. The van der Waals surface area contributed by atoms with Crippen LogP contribution in [0.5, 0.6) is 5.75 Å². The molecule has 1 aromatic rings. The minimum Gasteiger partial charge on any atom is -0.377 e. The molecule has 0 spiro atoms. The molecule has 1 N–H and O–H groups in total. The van der Waals surface area contributed by atoms with E-state index in [2.05, 4.69) is 9.07 Å². The van der Waals surface area contributed by atoms with Crippen LogP contribution in [0.1, 0.15) is 61.0 Å². The number of benzene rings is 1. The Morgan fingerprint density at radius 2 is 1.42 bits per heavy atom. The third kappa shape index (κ3) is 4.49. The maximum Gasteiger partial charge on any atom is 0.449 e. The zero-order valence-corrected chi connectivity index (χ0v) is 17.3. The van der Waals surface area contributed by atoms with Gasteiger partial charge in [0, 0.05) is 5.56 Å². The van der Waals surface area contributed by atoms with Crippen molar-refractivity contribution in [1.29, 1.82) is 0 Å². The van der Waals surface area contributed by atoms with Crippen molar-refractivity contribution in [3.05, 3.63) is 28.8 Å². The van der Waals surface area contributed by atoms with Gasteiger partial charge in [-0.1, -0.05) is 27.7 Å². The minimum absolute atomic E-state index is 0.00790. The van der Waals surface area contributed by atoms with Gasteiger partial charge < -0.3 is 4.18 Å². The zero-order chi connectivity index (χ0) is 24.6. The second-order valence-corrected chi connectivity index (χ2v) is 8.63. The van der Waals surface area contributed by atoms with Crippen LogP contribution in [0.15, 0.2) is 12.1 Å². The summed E-state index contributed by atoms with van der Waals surface area (Å²) >= 11 is 0. The summed E-state index contributed by atoms with van der Waals surface area (Å²) in [5, 5.41) is 1.22. The molecule has 0 aliphatic rings. The summed E-state index contributed by atoms with van der Waals surface area (Å²) in [6.45, 7) is 5.74. The van der Waals surface area contributed by atoms with Gasteiger partial charge >= 0.3 is 33.2 Å². The largest absolute Gasteiger partial charge is 0.449 e. The van der Waals surface area contributed by atoms with E-state index >= 15 is 0 Å². The van der Waals surface area contributed by atoms with Crippen molar-refractivity contribution in [2.45, 2.75) is 56.6 Å². The second-order valence-electron chi connectivity index (χ2n) is 7.04. The van der Waals surface area contributed by atoms with Crippen LogP contribution in [0.4, 0.5) is 26.3 Å². The summed E-state index contributed by atoms with van der Waals surface area (Å²) in [5.41, 5.74) is -0.318. The van der Waals surface area contributed by atoms with Gasteiger partial charge in [0.2, 0.25) is 0 Å². The Morgan fingerprint density at radius 3 is 1.74 bits per heavy atom. The van der Waals surface area contributed by atoms with Crippen molar-refractivity contribution in [1.82, 2.24) is 0 Å². The molecular formula is C17H18F6O7S. The number of carbonyl (C=O) groups excluding carboxylic acids is 2. The number of rotatable bonds is 9. The lowest BCUT2D eigenvalue weighted by Gasteiger charge is -2.30. The van der Waals surface area contributed by atoms with Crippen molar-refractivity contribution >= 4 is 22.4 Å².